The van der Waals surface area contributed by atoms with Gasteiger partial charge in [0.15, 0.2) is 5.96 Å². The highest BCUT2D eigenvalue weighted by Gasteiger charge is 2.30. The number of amides is 1. The van der Waals surface area contributed by atoms with E-state index in [2.05, 4.69) is 33.4 Å². The molecule has 2 aliphatic rings. The van der Waals surface area contributed by atoms with Crippen molar-refractivity contribution in [3.05, 3.63) is 35.4 Å². The minimum Gasteiger partial charge on any atom is -0.379 e. The Labute approximate surface area is 191 Å². The number of halogens is 1. The molecule has 0 bridgehead atoms. The van der Waals surface area contributed by atoms with Gasteiger partial charge in [-0.2, -0.15) is 0 Å². The molecule has 0 saturated carbocycles. The number of carbonyl (C=O) groups excluding carboxylic acids is 1. The fraction of sp³-hybridized carbons (Fsp3) is 0.619. The van der Waals surface area contributed by atoms with Gasteiger partial charge in [0, 0.05) is 57.9 Å². The zero-order valence-corrected chi connectivity index (χ0v) is 19.9. The molecule has 162 valence electrons. The second-order valence-electron chi connectivity index (χ2n) is 7.30. The van der Waals surface area contributed by atoms with Gasteiger partial charge < -0.3 is 20.3 Å². The number of nitrogens with zero attached hydrogens (tertiary/aromatic N) is 3. The number of benzene rings is 1. The molecule has 1 aromatic rings. The molecule has 29 heavy (non-hydrogen) atoms. The van der Waals surface area contributed by atoms with Crippen molar-refractivity contribution < 1.29 is 9.53 Å². The van der Waals surface area contributed by atoms with Crippen LogP contribution in [0.25, 0.3) is 0 Å². The van der Waals surface area contributed by atoms with E-state index in [9.17, 15) is 4.79 Å². The van der Waals surface area contributed by atoms with Crippen molar-refractivity contribution in [2.24, 2.45) is 4.99 Å². The zero-order valence-electron chi connectivity index (χ0n) is 17.5. The van der Waals surface area contributed by atoms with Gasteiger partial charge in [-0.25, -0.2) is 0 Å². The van der Waals surface area contributed by atoms with Gasteiger partial charge >= 0.3 is 0 Å². The van der Waals surface area contributed by atoms with Crippen molar-refractivity contribution in [1.82, 2.24) is 20.4 Å². The van der Waals surface area contributed by atoms with E-state index in [-0.39, 0.29) is 29.9 Å². The number of nitrogens with one attached hydrogen (secondary N) is 2. The minimum absolute atomic E-state index is 0. The van der Waals surface area contributed by atoms with Crippen molar-refractivity contribution in [3.8, 4) is 0 Å². The van der Waals surface area contributed by atoms with E-state index in [0.717, 1.165) is 63.9 Å². The van der Waals surface area contributed by atoms with Gasteiger partial charge in [0.2, 0.25) is 0 Å². The molecule has 2 fully saturated rings. The fourth-order valence-electron chi connectivity index (χ4n) is 3.90. The van der Waals surface area contributed by atoms with E-state index in [0.29, 0.717) is 18.2 Å². The average molecular weight is 515 g/mol. The highest BCUT2D eigenvalue weighted by Crippen LogP contribution is 2.17. The van der Waals surface area contributed by atoms with E-state index in [1.807, 2.05) is 18.2 Å². The summed E-state index contributed by atoms with van der Waals surface area (Å²) < 4.78 is 5.48. The highest BCUT2D eigenvalue weighted by molar-refractivity contribution is 14.0. The minimum atomic E-state index is -0.0510. The summed E-state index contributed by atoms with van der Waals surface area (Å²) in [6.45, 7) is 9.51. The van der Waals surface area contributed by atoms with Crippen LogP contribution in [0.15, 0.2) is 29.3 Å². The third-order valence-corrected chi connectivity index (χ3v) is 5.44. The van der Waals surface area contributed by atoms with Crippen LogP contribution < -0.4 is 10.6 Å². The van der Waals surface area contributed by atoms with Crippen LogP contribution in [-0.4, -0.2) is 87.2 Å². The van der Waals surface area contributed by atoms with Crippen LogP contribution in [0, 0.1) is 0 Å². The molecule has 0 radical (unpaired) electrons. The topological polar surface area (TPSA) is 69.2 Å². The molecule has 2 aliphatic heterocycles. The molecule has 2 heterocycles. The monoisotopic (exact) mass is 515 g/mol. The van der Waals surface area contributed by atoms with E-state index >= 15 is 0 Å². The Morgan fingerprint density at radius 3 is 2.79 bits per heavy atom. The summed E-state index contributed by atoms with van der Waals surface area (Å²) in [6.07, 6.45) is 2.00. The third kappa shape index (κ3) is 6.82. The van der Waals surface area contributed by atoms with Crippen LogP contribution in [0.4, 0.5) is 0 Å². The summed E-state index contributed by atoms with van der Waals surface area (Å²) in [4.78, 5) is 21.6. The molecular weight excluding hydrogens is 481 g/mol. The first-order valence-electron chi connectivity index (χ1n) is 10.4. The van der Waals surface area contributed by atoms with Crippen molar-refractivity contribution in [2.75, 3.05) is 59.5 Å². The summed E-state index contributed by atoms with van der Waals surface area (Å²) >= 11 is 0. The Balaban J connectivity index is 0.00000300. The Hall–Kier alpha value is -1.39. The number of ether oxygens (including phenoxy) is 1. The van der Waals surface area contributed by atoms with Gasteiger partial charge in [0.05, 0.1) is 13.2 Å². The van der Waals surface area contributed by atoms with Gasteiger partial charge in [-0.1, -0.05) is 12.1 Å². The lowest BCUT2D eigenvalue weighted by Gasteiger charge is -2.32. The smallest absolute Gasteiger partial charge is 0.251 e. The molecule has 0 spiro atoms. The van der Waals surface area contributed by atoms with Gasteiger partial charge in [-0.05, 0) is 37.5 Å². The van der Waals surface area contributed by atoms with Crippen LogP contribution in [-0.2, 0) is 11.2 Å². The maximum absolute atomic E-state index is 11.8. The zero-order chi connectivity index (χ0) is 19.8. The van der Waals surface area contributed by atoms with Gasteiger partial charge in [0.25, 0.3) is 5.91 Å². The third-order valence-electron chi connectivity index (χ3n) is 5.44. The highest BCUT2D eigenvalue weighted by atomic mass is 127. The second-order valence-corrected chi connectivity index (χ2v) is 7.30. The Morgan fingerprint density at radius 1 is 1.28 bits per heavy atom. The van der Waals surface area contributed by atoms with Crippen molar-refractivity contribution in [1.29, 1.82) is 0 Å². The average Bonchev–Trinajstić information content (AvgIpc) is 3.23. The predicted octanol–water partition coefficient (Wildman–Crippen LogP) is 1.58. The van der Waals surface area contributed by atoms with E-state index in [1.165, 1.54) is 6.42 Å². The maximum atomic E-state index is 11.8. The van der Waals surface area contributed by atoms with Crippen molar-refractivity contribution in [3.63, 3.8) is 0 Å². The second kappa shape index (κ2) is 12.3. The molecule has 2 N–H and O–H groups in total. The fourth-order valence-corrected chi connectivity index (χ4v) is 3.90. The number of morpholine rings is 1. The molecule has 1 atom stereocenters. The van der Waals surface area contributed by atoms with Gasteiger partial charge in [-0.3, -0.25) is 14.7 Å². The molecular formula is C21H34IN5O2. The van der Waals surface area contributed by atoms with Crippen molar-refractivity contribution in [2.45, 2.75) is 25.8 Å². The molecule has 2 saturated heterocycles. The maximum Gasteiger partial charge on any atom is 0.251 e. The Bertz CT molecular complexity index is 679. The predicted molar refractivity (Wildman–Crippen MR) is 127 cm³/mol. The number of aliphatic imine (C=N–C) groups is 1. The molecule has 0 aliphatic carbocycles. The number of likely N-dealkylation sites (tertiary alicyclic amines) is 1. The lowest BCUT2D eigenvalue weighted by Crippen LogP contribution is -2.46. The van der Waals surface area contributed by atoms with E-state index in [4.69, 9.17) is 9.73 Å². The first-order chi connectivity index (χ1) is 13.7. The lowest BCUT2D eigenvalue weighted by molar-refractivity contribution is 0.0195. The molecule has 3 rings (SSSR count). The molecule has 7 nitrogen and oxygen atoms in total. The van der Waals surface area contributed by atoms with Crippen LogP contribution in [0.3, 0.4) is 0 Å². The number of hydrogen-bond acceptors (Lipinski definition) is 4. The Morgan fingerprint density at radius 2 is 2.07 bits per heavy atom. The SMILES string of the molecule is CCNC(=NCCc1cccc(C(=O)NC)c1)N1CCC(N2CCOCC2)C1.I. The Kier molecular flexibility index (Phi) is 10.2. The molecule has 0 aromatic heterocycles. The van der Waals surface area contributed by atoms with Crippen LogP contribution >= 0.6 is 24.0 Å². The normalized spacial score (nSPS) is 20.3. The van der Waals surface area contributed by atoms with Crippen LogP contribution in [0.5, 0.6) is 0 Å². The summed E-state index contributed by atoms with van der Waals surface area (Å²) in [6, 6.07) is 8.37. The number of hydrogen-bond donors (Lipinski definition) is 2. The molecule has 1 amide bonds. The first kappa shape index (κ1) is 23.9. The lowest BCUT2D eigenvalue weighted by atomic mass is 10.1. The quantitative estimate of drug-likeness (QED) is 0.342. The number of guanidine groups is 1. The molecule has 1 aromatic carbocycles. The summed E-state index contributed by atoms with van der Waals surface area (Å²) in [5.41, 5.74) is 1.83. The van der Waals surface area contributed by atoms with Gasteiger partial charge in [0.1, 0.15) is 0 Å². The van der Waals surface area contributed by atoms with Crippen LogP contribution in [0.1, 0.15) is 29.3 Å². The first-order valence-corrected chi connectivity index (χ1v) is 10.4. The summed E-state index contributed by atoms with van der Waals surface area (Å²) in [5.74, 6) is 0.950. The van der Waals surface area contributed by atoms with Crippen molar-refractivity contribution >= 4 is 35.8 Å². The van der Waals surface area contributed by atoms with E-state index < -0.39 is 0 Å². The largest absolute Gasteiger partial charge is 0.379 e. The summed E-state index contributed by atoms with van der Waals surface area (Å²) in [5, 5.41) is 6.11. The standard InChI is InChI=1S/C21H33N5O2.HI/c1-3-23-21(26-10-8-19(16-26)25-11-13-28-14-12-25)24-9-7-17-5-4-6-18(15-17)20(27)22-2;/h4-6,15,19H,3,7-14,16H2,1-2H3,(H,22,27)(H,23,24);1H. The molecule has 8 heteroatoms. The van der Waals surface area contributed by atoms with E-state index in [1.54, 1.807) is 7.05 Å². The number of carbonyl (C=O) groups is 1. The molecule has 1 unspecified atom stereocenters. The van der Waals surface area contributed by atoms with Gasteiger partial charge in [-0.15, -0.1) is 24.0 Å². The summed E-state index contributed by atoms with van der Waals surface area (Å²) in [7, 11) is 1.65. The van der Waals surface area contributed by atoms with Crippen LogP contribution in [0.2, 0.25) is 0 Å². The number of rotatable bonds is 6.